The van der Waals surface area contributed by atoms with Crippen LogP contribution in [0, 0.1) is 0 Å². The Bertz CT molecular complexity index is 1460. The van der Waals surface area contributed by atoms with E-state index in [2.05, 4.69) is 0 Å². The largest absolute Gasteiger partial charge is 0.497 e. The third kappa shape index (κ3) is 4.53. The summed E-state index contributed by atoms with van der Waals surface area (Å²) in [6, 6.07) is 14.4. The van der Waals surface area contributed by atoms with Crippen molar-refractivity contribution >= 4 is 23.3 Å². The molecule has 0 spiro atoms. The molecule has 1 aliphatic rings. The number of rotatable bonds is 7. The molecular formula is C27H29N3O4S. The van der Waals surface area contributed by atoms with Crippen LogP contribution >= 0.6 is 11.3 Å². The SMILES string of the molecule is CCN(CC)C(=O)C1=C(C)N=c2s/c(=C/c3cccc(OC)c3)c(=O)n2[C@H]1c1ccccc1OC. The Balaban J connectivity index is 1.99. The standard InChI is InChI=1S/C27H29N3O4S/c1-6-29(7-2)26(32)23-17(3)28-27-30(24(23)20-13-8-9-14-21(20)34-5)25(31)22(35-27)16-18-11-10-12-19(15-18)33-4/h8-16,24H,6-7H2,1-5H3/b22-16+/t24-/m0/s1. The van der Waals surface area contributed by atoms with Crippen LogP contribution in [0.1, 0.15) is 37.9 Å². The quantitative estimate of drug-likeness (QED) is 0.509. The smallest absolute Gasteiger partial charge is 0.271 e. The maximum Gasteiger partial charge on any atom is 0.271 e. The molecular weight excluding hydrogens is 462 g/mol. The summed E-state index contributed by atoms with van der Waals surface area (Å²) in [5.41, 5.74) is 2.47. The Labute approximate surface area is 208 Å². The second-order valence-corrected chi connectivity index (χ2v) is 9.09. The lowest BCUT2D eigenvalue weighted by Gasteiger charge is -2.29. The van der Waals surface area contributed by atoms with Crippen LogP contribution in [0.2, 0.25) is 0 Å². The van der Waals surface area contributed by atoms with Crippen molar-refractivity contribution in [2.45, 2.75) is 26.8 Å². The third-order valence-electron chi connectivity index (χ3n) is 6.13. The minimum absolute atomic E-state index is 0.130. The van der Waals surface area contributed by atoms with Gasteiger partial charge in [-0.3, -0.25) is 14.2 Å². The van der Waals surface area contributed by atoms with Crippen molar-refractivity contribution in [3.63, 3.8) is 0 Å². The number of thiazole rings is 1. The van der Waals surface area contributed by atoms with Gasteiger partial charge in [-0.05, 0) is 50.6 Å². The predicted octanol–water partition coefficient (Wildman–Crippen LogP) is 3.12. The number of carbonyl (C=O) groups excluding carboxylic acids is 1. The number of likely N-dealkylation sites (N-methyl/N-ethyl adjacent to an activating group) is 1. The van der Waals surface area contributed by atoms with E-state index in [0.717, 1.165) is 11.1 Å². The molecule has 0 saturated heterocycles. The Hall–Kier alpha value is -3.65. The van der Waals surface area contributed by atoms with E-state index in [1.54, 1.807) is 23.7 Å². The van der Waals surface area contributed by atoms with Crippen LogP contribution in [0.5, 0.6) is 11.5 Å². The highest BCUT2D eigenvalue weighted by atomic mass is 32.1. The number of allylic oxidation sites excluding steroid dienone is 1. The van der Waals surface area contributed by atoms with Gasteiger partial charge < -0.3 is 14.4 Å². The molecule has 3 aromatic rings. The molecule has 1 aromatic heterocycles. The van der Waals surface area contributed by atoms with Gasteiger partial charge in [-0.2, -0.15) is 0 Å². The molecule has 0 bridgehead atoms. The molecule has 35 heavy (non-hydrogen) atoms. The zero-order valence-corrected chi connectivity index (χ0v) is 21.4. The van der Waals surface area contributed by atoms with Crippen LogP contribution in [0.3, 0.4) is 0 Å². The fourth-order valence-corrected chi connectivity index (χ4v) is 5.39. The molecule has 0 radical (unpaired) electrons. The Kier molecular flexibility index (Phi) is 7.21. The topological polar surface area (TPSA) is 73.1 Å². The molecule has 0 unspecified atom stereocenters. The van der Waals surface area contributed by atoms with Crippen LogP contribution < -0.4 is 24.4 Å². The van der Waals surface area contributed by atoms with Crippen molar-refractivity contribution < 1.29 is 14.3 Å². The first-order valence-corrected chi connectivity index (χ1v) is 12.3. The highest BCUT2D eigenvalue weighted by Crippen LogP contribution is 2.36. The number of benzene rings is 2. The first-order chi connectivity index (χ1) is 16.9. The highest BCUT2D eigenvalue weighted by Gasteiger charge is 2.35. The fourth-order valence-electron chi connectivity index (χ4n) is 4.35. The Morgan fingerprint density at radius 2 is 1.86 bits per heavy atom. The molecule has 2 heterocycles. The zero-order chi connectivity index (χ0) is 25.1. The van der Waals surface area contributed by atoms with Gasteiger partial charge >= 0.3 is 0 Å². The number of aromatic nitrogens is 1. The van der Waals surface area contributed by atoms with Gasteiger partial charge in [0.2, 0.25) is 0 Å². The molecule has 4 rings (SSSR count). The Morgan fingerprint density at radius 1 is 1.11 bits per heavy atom. The second-order valence-electron chi connectivity index (χ2n) is 8.08. The molecule has 0 N–H and O–H groups in total. The number of nitrogens with zero attached hydrogens (tertiary/aromatic N) is 3. The molecule has 1 atom stereocenters. The summed E-state index contributed by atoms with van der Waals surface area (Å²) < 4.78 is 13.1. The van der Waals surface area contributed by atoms with Crippen LogP contribution in [-0.4, -0.2) is 42.7 Å². The minimum atomic E-state index is -0.650. The number of carbonyl (C=O) groups is 1. The molecule has 2 aromatic carbocycles. The molecule has 0 fully saturated rings. The van der Waals surface area contributed by atoms with Crippen molar-refractivity contribution in [3.8, 4) is 11.5 Å². The summed E-state index contributed by atoms with van der Waals surface area (Å²) in [5.74, 6) is 1.19. The van der Waals surface area contributed by atoms with Crippen LogP contribution in [-0.2, 0) is 4.79 Å². The number of hydrogen-bond donors (Lipinski definition) is 0. The molecule has 1 amide bonds. The van der Waals surface area contributed by atoms with Crippen LogP contribution in [0.15, 0.2) is 69.6 Å². The van der Waals surface area contributed by atoms with E-state index in [-0.39, 0.29) is 11.5 Å². The Morgan fingerprint density at radius 3 is 2.54 bits per heavy atom. The minimum Gasteiger partial charge on any atom is -0.497 e. The molecule has 182 valence electrons. The van der Waals surface area contributed by atoms with Crippen LogP contribution in [0.4, 0.5) is 0 Å². The van der Waals surface area contributed by atoms with Gasteiger partial charge in [0, 0.05) is 18.7 Å². The van der Waals surface area contributed by atoms with Crippen LogP contribution in [0.25, 0.3) is 6.08 Å². The van der Waals surface area contributed by atoms with E-state index < -0.39 is 6.04 Å². The zero-order valence-electron chi connectivity index (χ0n) is 20.6. The van der Waals surface area contributed by atoms with Gasteiger partial charge in [0.15, 0.2) is 4.80 Å². The van der Waals surface area contributed by atoms with E-state index in [1.165, 1.54) is 11.3 Å². The normalized spacial score (nSPS) is 15.5. The maximum absolute atomic E-state index is 13.8. The number of para-hydroxylation sites is 1. The maximum atomic E-state index is 13.8. The van der Waals surface area contributed by atoms with Gasteiger partial charge in [-0.1, -0.05) is 41.7 Å². The molecule has 7 nitrogen and oxygen atoms in total. The number of ether oxygens (including phenoxy) is 2. The number of fused-ring (bicyclic) bond motifs is 1. The van der Waals surface area contributed by atoms with Crippen molar-refractivity contribution in [2.75, 3.05) is 27.3 Å². The molecule has 8 heteroatoms. The van der Waals surface area contributed by atoms with E-state index in [4.69, 9.17) is 14.5 Å². The van der Waals surface area contributed by atoms with Crippen molar-refractivity contribution in [1.82, 2.24) is 9.47 Å². The van der Waals surface area contributed by atoms with Crippen molar-refractivity contribution in [1.29, 1.82) is 0 Å². The summed E-state index contributed by atoms with van der Waals surface area (Å²) in [4.78, 5) is 34.5. The summed E-state index contributed by atoms with van der Waals surface area (Å²) in [7, 11) is 3.20. The lowest BCUT2D eigenvalue weighted by Crippen LogP contribution is -2.43. The third-order valence-corrected chi connectivity index (χ3v) is 7.11. The number of amides is 1. The van der Waals surface area contributed by atoms with Gasteiger partial charge in [-0.15, -0.1) is 0 Å². The summed E-state index contributed by atoms with van der Waals surface area (Å²) in [6.45, 7) is 6.84. The summed E-state index contributed by atoms with van der Waals surface area (Å²) >= 11 is 1.31. The number of hydrogen-bond acceptors (Lipinski definition) is 6. The number of methoxy groups -OCH3 is 2. The van der Waals surface area contributed by atoms with Crippen molar-refractivity contribution in [3.05, 3.63) is 90.6 Å². The predicted molar refractivity (Wildman–Crippen MR) is 138 cm³/mol. The van der Waals surface area contributed by atoms with Gasteiger partial charge in [0.1, 0.15) is 17.5 Å². The average molecular weight is 492 g/mol. The summed E-state index contributed by atoms with van der Waals surface area (Å²) in [6.07, 6.45) is 1.83. The molecule has 0 aliphatic carbocycles. The monoisotopic (exact) mass is 491 g/mol. The average Bonchev–Trinajstić information content (AvgIpc) is 3.18. The van der Waals surface area contributed by atoms with E-state index in [9.17, 15) is 9.59 Å². The summed E-state index contributed by atoms with van der Waals surface area (Å²) in [5, 5.41) is 0. The molecule has 0 saturated carbocycles. The van der Waals surface area contributed by atoms with E-state index >= 15 is 0 Å². The van der Waals surface area contributed by atoms with Gasteiger partial charge in [0.25, 0.3) is 11.5 Å². The fraction of sp³-hybridized carbons (Fsp3) is 0.296. The second kappa shape index (κ2) is 10.3. The lowest BCUT2D eigenvalue weighted by atomic mass is 9.94. The van der Waals surface area contributed by atoms with E-state index in [0.29, 0.717) is 45.2 Å². The van der Waals surface area contributed by atoms with Gasteiger partial charge in [0.05, 0.1) is 30.0 Å². The lowest BCUT2D eigenvalue weighted by molar-refractivity contribution is -0.127. The highest BCUT2D eigenvalue weighted by molar-refractivity contribution is 7.07. The molecule has 1 aliphatic heterocycles. The first-order valence-electron chi connectivity index (χ1n) is 11.5. The van der Waals surface area contributed by atoms with Gasteiger partial charge in [-0.25, -0.2) is 4.99 Å². The van der Waals surface area contributed by atoms with E-state index in [1.807, 2.05) is 75.4 Å². The first kappa shape index (κ1) is 24.5. The van der Waals surface area contributed by atoms with Crippen molar-refractivity contribution in [2.24, 2.45) is 4.99 Å².